The van der Waals surface area contributed by atoms with Gasteiger partial charge in [-0.1, -0.05) is 24.6 Å². The van der Waals surface area contributed by atoms with Crippen molar-refractivity contribution in [3.63, 3.8) is 0 Å². The Bertz CT molecular complexity index is 545. The highest BCUT2D eigenvalue weighted by Gasteiger charge is 2.19. The quantitative estimate of drug-likeness (QED) is 0.890. The zero-order chi connectivity index (χ0) is 13.8. The fourth-order valence-electron chi connectivity index (χ4n) is 2.31. The molecule has 3 nitrogen and oxygen atoms in total. The molecule has 1 atom stereocenters. The lowest BCUT2D eigenvalue weighted by Crippen LogP contribution is -2.22. The van der Waals surface area contributed by atoms with Gasteiger partial charge in [-0.15, -0.1) is 0 Å². The summed E-state index contributed by atoms with van der Waals surface area (Å²) in [6, 6.07) is 8.40. The monoisotopic (exact) mass is 259 g/mol. The molecule has 0 radical (unpaired) electrons. The number of nitrogens with one attached hydrogen (secondary N) is 1. The van der Waals surface area contributed by atoms with Crippen molar-refractivity contribution in [3.8, 4) is 5.75 Å². The molecule has 0 bridgehead atoms. The molecular formula is C16H21NO2. The van der Waals surface area contributed by atoms with Gasteiger partial charge in [0, 0.05) is 11.1 Å². The van der Waals surface area contributed by atoms with Crippen molar-refractivity contribution in [2.75, 3.05) is 13.7 Å². The number of furan rings is 1. The topological polar surface area (TPSA) is 34.4 Å². The molecule has 1 heterocycles. The van der Waals surface area contributed by atoms with Crippen molar-refractivity contribution in [1.82, 2.24) is 5.32 Å². The lowest BCUT2D eigenvalue weighted by molar-refractivity contribution is 0.404. The van der Waals surface area contributed by atoms with Crippen LogP contribution in [0.1, 0.15) is 35.4 Å². The van der Waals surface area contributed by atoms with E-state index < -0.39 is 0 Å². The lowest BCUT2D eigenvalue weighted by Gasteiger charge is -2.20. The van der Waals surface area contributed by atoms with Gasteiger partial charge in [0.2, 0.25) is 0 Å². The molecule has 0 spiro atoms. The first-order valence-corrected chi connectivity index (χ1v) is 6.58. The van der Waals surface area contributed by atoms with E-state index in [0.717, 1.165) is 29.2 Å². The van der Waals surface area contributed by atoms with Crippen molar-refractivity contribution in [2.24, 2.45) is 0 Å². The maximum absolute atomic E-state index is 5.49. The maximum Gasteiger partial charge on any atom is 0.124 e. The zero-order valence-corrected chi connectivity index (χ0v) is 12.0. The normalized spacial score (nSPS) is 12.4. The van der Waals surface area contributed by atoms with Gasteiger partial charge in [0.25, 0.3) is 0 Å². The van der Waals surface area contributed by atoms with Crippen molar-refractivity contribution >= 4 is 0 Å². The van der Waals surface area contributed by atoms with Gasteiger partial charge in [-0.05, 0) is 32.5 Å². The molecule has 1 aromatic carbocycles. The maximum atomic E-state index is 5.49. The third-order valence-corrected chi connectivity index (χ3v) is 3.19. The van der Waals surface area contributed by atoms with Gasteiger partial charge in [0.1, 0.15) is 11.5 Å². The number of hydrogen-bond acceptors (Lipinski definition) is 3. The fraction of sp³-hybridized carbons (Fsp3) is 0.375. The lowest BCUT2D eigenvalue weighted by atomic mass is 9.98. The molecule has 0 fully saturated rings. The summed E-state index contributed by atoms with van der Waals surface area (Å²) in [7, 11) is 1.71. The number of methoxy groups -OCH3 is 1. The molecule has 102 valence electrons. The van der Waals surface area contributed by atoms with E-state index in [2.05, 4.69) is 37.4 Å². The minimum absolute atomic E-state index is 0.0947. The molecule has 1 unspecified atom stereocenters. The van der Waals surface area contributed by atoms with Gasteiger partial charge in [-0.2, -0.15) is 0 Å². The second kappa shape index (κ2) is 5.93. The molecule has 2 rings (SSSR count). The molecular weight excluding hydrogens is 238 g/mol. The standard InChI is InChI=1S/C16H21NO2/c1-5-17-16(13-9-12(3)19-10-13)14-8-11(2)6-7-15(14)18-4/h6-10,16-17H,5H2,1-4H3. The summed E-state index contributed by atoms with van der Waals surface area (Å²) in [5.74, 6) is 1.82. The third-order valence-electron chi connectivity index (χ3n) is 3.19. The summed E-state index contributed by atoms with van der Waals surface area (Å²) in [5, 5.41) is 3.49. The van der Waals surface area contributed by atoms with E-state index in [-0.39, 0.29) is 6.04 Å². The van der Waals surface area contributed by atoms with Crippen LogP contribution in [0.4, 0.5) is 0 Å². The van der Waals surface area contributed by atoms with E-state index in [0.29, 0.717) is 0 Å². The number of rotatable bonds is 5. The molecule has 0 saturated carbocycles. The summed E-state index contributed by atoms with van der Waals surface area (Å²) >= 11 is 0. The first-order valence-electron chi connectivity index (χ1n) is 6.58. The van der Waals surface area contributed by atoms with E-state index >= 15 is 0 Å². The summed E-state index contributed by atoms with van der Waals surface area (Å²) in [4.78, 5) is 0. The Morgan fingerprint density at radius 2 is 2.05 bits per heavy atom. The van der Waals surface area contributed by atoms with Gasteiger partial charge < -0.3 is 14.5 Å². The Morgan fingerprint density at radius 3 is 2.63 bits per heavy atom. The molecule has 0 aliphatic heterocycles. The van der Waals surface area contributed by atoms with E-state index in [1.54, 1.807) is 7.11 Å². The Hall–Kier alpha value is -1.74. The van der Waals surface area contributed by atoms with E-state index in [1.165, 1.54) is 5.56 Å². The van der Waals surface area contributed by atoms with Crippen molar-refractivity contribution in [2.45, 2.75) is 26.8 Å². The first kappa shape index (κ1) is 13.7. The molecule has 0 aliphatic rings. The smallest absolute Gasteiger partial charge is 0.124 e. The number of benzene rings is 1. The molecule has 19 heavy (non-hydrogen) atoms. The van der Waals surface area contributed by atoms with Crippen LogP contribution in [0.3, 0.4) is 0 Å². The molecule has 0 amide bonds. The zero-order valence-electron chi connectivity index (χ0n) is 12.0. The SMILES string of the molecule is CCNC(c1coc(C)c1)c1cc(C)ccc1OC. The highest BCUT2D eigenvalue weighted by molar-refractivity contribution is 5.43. The van der Waals surface area contributed by atoms with E-state index in [1.807, 2.05) is 19.3 Å². The largest absolute Gasteiger partial charge is 0.496 e. The third kappa shape index (κ3) is 2.99. The van der Waals surface area contributed by atoms with Crippen LogP contribution in [0.2, 0.25) is 0 Å². The van der Waals surface area contributed by atoms with Crippen LogP contribution < -0.4 is 10.1 Å². The summed E-state index contributed by atoms with van der Waals surface area (Å²) in [6.45, 7) is 7.03. The molecule has 0 aliphatic carbocycles. The fourth-order valence-corrected chi connectivity index (χ4v) is 2.31. The molecule has 1 aromatic heterocycles. The number of hydrogen-bond donors (Lipinski definition) is 1. The summed E-state index contributed by atoms with van der Waals surface area (Å²) < 4.78 is 10.9. The highest BCUT2D eigenvalue weighted by atomic mass is 16.5. The second-order valence-corrected chi connectivity index (χ2v) is 4.73. The molecule has 2 aromatic rings. The van der Waals surface area contributed by atoms with Crippen LogP contribution in [-0.4, -0.2) is 13.7 Å². The summed E-state index contributed by atoms with van der Waals surface area (Å²) in [6.07, 6.45) is 1.81. The van der Waals surface area contributed by atoms with Gasteiger partial charge in [-0.3, -0.25) is 0 Å². The van der Waals surface area contributed by atoms with E-state index in [4.69, 9.17) is 9.15 Å². The summed E-state index contributed by atoms with van der Waals surface area (Å²) in [5.41, 5.74) is 3.49. The second-order valence-electron chi connectivity index (χ2n) is 4.73. The van der Waals surface area contributed by atoms with Gasteiger partial charge in [-0.25, -0.2) is 0 Å². The Kier molecular flexibility index (Phi) is 4.27. The predicted octanol–water partition coefficient (Wildman–Crippen LogP) is 3.60. The molecule has 3 heteroatoms. The predicted molar refractivity (Wildman–Crippen MR) is 76.7 cm³/mol. The first-order chi connectivity index (χ1) is 9.15. The number of aryl methyl sites for hydroxylation is 2. The Labute approximate surface area is 114 Å². The highest BCUT2D eigenvalue weighted by Crippen LogP contribution is 2.31. The molecule has 1 N–H and O–H groups in total. The van der Waals surface area contributed by atoms with Crippen molar-refractivity contribution in [1.29, 1.82) is 0 Å². The average molecular weight is 259 g/mol. The Balaban J connectivity index is 2.46. The van der Waals surface area contributed by atoms with Gasteiger partial charge >= 0.3 is 0 Å². The van der Waals surface area contributed by atoms with Crippen LogP contribution in [0.5, 0.6) is 5.75 Å². The minimum Gasteiger partial charge on any atom is -0.496 e. The molecule has 0 saturated heterocycles. The van der Waals surface area contributed by atoms with Crippen LogP contribution in [-0.2, 0) is 0 Å². The van der Waals surface area contributed by atoms with Crippen molar-refractivity contribution in [3.05, 3.63) is 53.0 Å². The Morgan fingerprint density at radius 1 is 1.26 bits per heavy atom. The van der Waals surface area contributed by atoms with Crippen LogP contribution in [0.15, 0.2) is 34.9 Å². The van der Waals surface area contributed by atoms with Gasteiger partial charge in [0.15, 0.2) is 0 Å². The van der Waals surface area contributed by atoms with E-state index in [9.17, 15) is 0 Å². The van der Waals surface area contributed by atoms with Crippen LogP contribution >= 0.6 is 0 Å². The average Bonchev–Trinajstić information content (AvgIpc) is 2.82. The van der Waals surface area contributed by atoms with Crippen LogP contribution in [0.25, 0.3) is 0 Å². The van der Waals surface area contributed by atoms with Crippen molar-refractivity contribution < 1.29 is 9.15 Å². The van der Waals surface area contributed by atoms with Gasteiger partial charge in [0.05, 0.1) is 19.4 Å². The van der Waals surface area contributed by atoms with Crippen LogP contribution in [0, 0.1) is 13.8 Å². The number of ether oxygens (including phenoxy) is 1. The minimum atomic E-state index is 0.0947.